The van der Waals surface area contributed by atoms with E-state index in [1.165, 1.54) is 24.1 Å². The van der Waals surface area contributed by atoms with Crippen molar-refractivity contribution in [1.82, 2.24) is 9.55 Å². The molecular formula is C14H17N3. The summed E-state index contributed by atoms with van der Waals surface area (Å²) in [6.45, 7) is 4.17. The van der Waals surface area contributed by atoms with Crippen LogP contribution in [0.4, 0.5) is 5.95 Å². The van der Waals surface area contributed by atoms with E-state index >= 15 is 0 Å². The number of para-hydroxylation sites is 1. The maximum absolute atomic E-state index is 4.56. The van der Waals surface area contributed by atoms with E-state index in [2.05, 4.69) is 52.3 Å². The van der Waals surface area contributed by atoms with Crippen LogP contribution in [0.2, 0.25) is 0 Å². The van der Waals surface area contributed by atoms with Gasteiger partial charge in [0.05, 0.1) is 11.4 Å². The standard InChI is InChI=1S/C14H17N3/c1-10-5-3-4-6-13(10)17-9-11(2)15-14(17)16-12-7-8-12/h3-6,9,12H,7-8H2,1-2H3,(H,15,16). The Hall–Kier alpha value is -1.77. The van der Waals surface area contributed by atoms with Crippen LogP contribution in [0, 0.1) is 13.8 Å². The predicted molar refractivity (Wildman–Crippen MR) is 69.7 cm³/mol. The Bertz CT molecular complexity index is 538. The summed E-state index contributed by atoms with van der Waals surface area (Å²) >= 11 is 0. The molecule has 3 nitrogen and oxygen atoms in total. The lowest BCUT2D eigenvalue weighted by Crippen LogP contribution is -2.08. The fourth-order valence-corrected chi connectivity index (χ4v) is 2.03. The van der Waals surface area contributed by atoms with Crippen LogP contribution >= 0.6 is 0 Å². The fraction of sp³-hybridized carbons (Fsp3) is 0.357. The van der Waals surface area contributed by atoms with Crippen molar-refractivity contribution in [2.45, 2.75) is 32.7 Å². The highest BCUT2D eigenvalue weighted by atomic mass is 15.2. The van der Waals surface area contributed by atoms with Gasteiger partial charge in [0.25, 0.3) is 0 Å². The number of anilines is 1. The van der Waals surface area contributed by atoms with Crippen LogP contribution in [0.25, 0.3) is 5.69 Å². The highest BCUT2D eigenvalue weighted by Crippen LogP contribution is 2.26. The first kappa shape index (κ1) is 10.4. The molecule has 1 saturated carbocycles. The quantitative estimate of drug-likeness (QED) is 0.873. The van der Waals surface area contributed by atoms with Crippen molar-refractivity contribution >= 4 is 5.95 Å². The zero-order valence-corrected chi connectivity index (χ0v) is 10.3. The zero-order chi connectivity index (χ0) is 11.8. The summed E-state index contributed by atoms with van der Waals surface area (Å²) in [5.74, 6) is 0.972. The molecule has 1 heterocycles. The zero-order valence-electron chi connectivity index (χ0n) is 10.3. The van der Waals surface area contributed by atoms with Gasteiger partial charge in [0.15, 0.2) is 0 Å². The Labute approximate surface area is 101 Å². The van der Waals surface area contributed by atoms with Crippen LogP contribution in [-0.2, 0) is 0 Å². The van der Waals surface area contributed by atoms with E-state index in [-0.39, 0.29) is 0 Å². The summed E-state index contributed by atoms with van der Waals surface area (Å²) in [6.07, 6.45) is 4.62. The van der Waals surface area contributed by atoms with Gasteiger partial charge in [0.2, 0.25) is 5.95 Å². The molecule has 0 spiro atoms. The van der Waals surface area contributed by atoms with Crippen molar-refractivity contribution in [2.75, 3.05) is 5.32 Å². The van der Waals surface area contributed by atoms with E-state index in [0.717, 1.165) is 11.6 Å². The Kier molecular flexibility index (Phi) is 2.39. The second-order valence-electron chi connectivity index (χ2n) is 4.78. The molecule has 88 valence electrons. The number of rotatable bonds is 3. The Morgan fingerprint density at radius 2 is 2.00 bits per heavy atom. The summed E-state index contributed by atoms with van der Waals surface area (Å²) in [5.41, 5.74) is 3.52. The molecule has 1 aromatic carbocycles. The van der Waals surface area contributed by atoms with Gasteiger partial charge in [-0.15, -0.1) is 0 Å². The fourth-order valence-electron chi connectivity index (χ4n) is 2.03. The number of hydrogen-bond donors (Lipinski definition) is 1. The molecule has 3 heteroatoms. The Morgan fingerprint density at radius 1 is 1.24 bits per heavy atom. The van der Waals surface area contributed by atoms with Crippen LogP contribution in [0.15, 0.2) is 30.5 Å². The molecule has 1 aromatic heterocycles. The molecule has 1 fully saturated rings. The number of hydrogen-bond acceptors (Lipinski definition) is 2. The van der Waals surface area contributed by atoms with Gasteiger partial charge >= 0.3 is 0 Å². The highest BCUT2D eigenvalue weighted by molar-refractivity contribution is 5.48. The summed E-state index contributed by atoms with van der Waals surface area (Å²) in [7, 11) is 0. The van der Waals surface area contributed by atoms with Crippen molar-refractivity contribution in [2.24, 2.45) is 0 Å². The van der Waals surface area contributed by atoms with Gasteiger partial charge in [-0.1, -0.05) is 18.2 Å². The molecule has 0 radical (unpaired) electrons. The average molecular weight is 227 g/mol. The lowest BCUT2D eigenvalue weighted by atomic mass is 10.2. The first-order valence-corrected chi connectivity index (χ1v) is 6.12. The largest absolute Gasteiger partial charge is 0.353 e. The van der Waals surface area contributed by atoms with Crippen LogP contribution in [0.3, 0.4) is 0 Å². The first-order valence-electron chi connectivity index (χ1n) is 6.12. The van der Waals surface area contributed by atoms with Crippen molar-refractivity contribution in [3.8, 4) is 5.69 Å². The number of benzene rings is 1. The SMILES string of the molecule is Cc1cn(-c2ccccc2C)c(NC2CC2)n1. The molecule has 2 aromatic rings. The van der Waals surface area contributed by atoms with Crippen LogP contribution in [-0.4, -0.2) is 15.6 Å². The van der Waals surface area contributed by atoms with Gasteiger partial charge < -0.3 is 5.32 Å². The van der Waals surface area contributed by atoms with Crippen LogP contribution in [0.5, 0.6) is 0 Å². The smallest absolute Gasteiger partial charge is 0.207 e. The molecule has 0 amide bonds. The monoisotopic (exact) mass is 227 g/mol. The Balaban J connectivity index is 2.03. The second-order valence-corrected chi connectivity index (χ2v) is 4.78. The molecular weight excluding hydrogens is 210 g/mol. The van der Waals surface area contributed by atoms with E-state index in [0.29, 0.717) is 6.04 Å². The minimum Gasteiger partial charge on any atom is -0.353 e. The minimum absolute atomic E-state index is 0.625. The lowest BCUT2D eigenvalue weighted by molar-refractivity contribution is 0.994. The van der Waals surface area contributed by atoms with Crippen molar-refractivity contribution in [1.29, 1.82) is 0 Å². The van der Waals surface area contributed by atoms with Gasteiger partial charge in [0.1, 0.15) is 0 Å². The average Bonchev–Trinajstić information content (AvgIpc) is 3.03. The summed E-state index contributed by atoms with van der Waals surface area (Å²) in [5, 5.41) is 3.48. The van der Waals surface area contributed by atoms with E-state index in [1.54, 1.807) is 0 Å². The number of imidazole rings is 1. The second kappa shape index (κ2) is 3.91. The van der Waals surface area contributed by atoms with Gasteiger partial charge in [-0.05, 0) is 38.3 Å². The van der Waals surface area contributed by atoms with Crippen molar-refractivity contribution < 1.29 is 0 Å². The number of nitrogens with zero attached hydrogens (tertiary/aromatic N) is 2. The molecule has 3 rings (SSSR count). The molecule has 17 heavy (non-hydrogen) atoms. The third kappa shape index (κ3) is 2.05. The minimum atomic E-state index is 0.625. The third-order valence-electron chi connectivity index (χ3n) is 3.11. The summed E-state index contributed by atoms with van der Waals surface area (Å²) in [6, 6.07) is 9.02. The first-order chi connectivity index (χ1) is 8.24. The maximum Gasteiger partial charge on any atom is 0.207 e. The molecule has 0 aliphatic heterocycles. The van der Waals surface area contributed by atoms with Crippen LogP contribution < -0.4 is 5.32 Å². The molecule has 0 bridgehead atoms. The lowest BCUT2D eigenvalue weighted by Gasteiger charge is -2.11. The number of aryl methyl sites for hydroxylation is 2. The van der Waals surface area contributed by atoms with Gasteiger partial charge in [0, 0.05) is 12.2 Å². The van der Waals surface area contributed by atoms with E-state index in [9.17, 15) is 0 Å². The topological polar surface area (TPSA) is 29.9 Å². The normalized spacial score (nSPS) is 14.9. The highest BCUT2D eigenvalue weighted by Gasteiger charge is 2.23. The molecule has 0 saturated heterocycles. The van der Waals surface area contributed by atoms with Gasteiger partial charge in [-0.2, -0.15) is 0 Å². The van der Waals surface area contributed by atoms with Gasteiger partial charge in [-0.3, -0.25) is 4.57 Å². The van der Waals surface area contributed by atoms with Crippen molar-refractivity contribution in [3.05, 3.63) is 41.7 Å². The number of aromatic nitrogens is 2. The molecule has 1 aliphatic rings. The number of nitrogens with one attached hydrogen (secondary N) is 1. The van der Waals surface area contributed by atoms with E-state index in [4.69, 9.17) is 0 Å². The van der Waals surface area contributed by atoms with E-state index < -0.39 is 0 Å². The van der Waals surface area contributed by atoms with E-state index in [1.807, 2.05) is 6.92 Å². The summed E-state index contributed by atoms with van der Waals surface area (Å²) < 4.78 is 2.16. The molecule has 1 N–H and O–H groups in total. The Morgan fingerprint density at radius 3 is 2.71 bits per heavy atom. The van der Waals surface area contributed by atoms with Gasteiger partial charge in [-0.25, -0.2) is 4.98 Å². The summed E-state index contributed by atoms with van der Waals surface area (Å²) in [4.78, 5) is 4.56. The molecule has 0 unspecified atom stereocenters. The van der Waals surface area contributed by atoms with Crippen LogP contribution in [0.1, 0.15) is 24.1 Å². The molecule has 1 aliphatic carbocycles. The third-order valence-corrected chi connectivity index (χ3v) is 3.11. The maximum atomic E-state index is 4.56. The molecule has 0 atom stereocenters. The van der Waals surface area contributed by atoms with Crippen molar-refractivity contribution in [3.63, 3.8) is 0 Å². The predicted octanol–water partition coefficient (Wildman–Crippen LogP) is 3.06.